The van der Waals surface area contributed by atoms with E-state index in [0.29, 0.717) is 34.3 Å². The third-order valence-electron chi connectivity index (χ3n) is 5.52. The lowest BCUT2D eigenvalue weighted by Crippen LogP contribution is -2.51. The number of nitrogens with zero attached hydrogens (tertiary/aromatic N) is 4. The van der Waals surface area contributed by atoms with E-state index in [9.17, 15) is 13.9 Å². The van der Waals surface area contributed by atoms with E-state index >= 15 is 0 Å². The number of rotatable bonds is 5. The van der Waals surface area contributed by atoms with Crippen molar-refractivity contribution in [3.8, 4) is 16.3 Å². The Morgan fingerprint density at radius 1 is 1.27 bits per heavy atom. The third-order valence-corrected chi connectivity index (χ3v) is 6.22. The van der Waals surface area contributed by atoms with Gasteiger partial charge in [-0.3, -0.25) is 0 Å². The van der Waals surface area contributed by atoms with Crippen LogP contribution in [0.4, 0.5) is 14.8 Å². The average Bonchev–Trinajstić information content (AvgIpc) is 3.41. The molecule has 30 heavy (non-hydrogen) atoms. The van der Waals surface area contributed by atoms with Crippen molar-refractivity contribution in [1.82, 2.24) is 19.7 Å². The Labute approximate surface area is 175 Å². The number of piperazine rings is 1. The van der Waals surface area contributed by atoms with Crippen LogP contribution in [-0.2, 0) is 0 Å². The van der Waals surface area contributed by atoms with Gasteiger partial charge in [-0.2, -0.15) is 18.1 Å². The van der Waals surface area contributed by atoms with Crippen molar-refractivity contribution < 1.29 is 23.0 Å². The van der Waals surface area contributed by atoms with E-state index in [1.807, 2.05) is 4.90 Å². The summed E-state index contributed by atoms with van der Waals surface area (Å²) in [4.78, 5) is 10.7. The highest BCUT2D eigenvalue weighted by atomic mass is 32.1. The van der Waals surface area contributed by atoms with Crippen molar-refractivity contribution in [1.29, 1.82) is 0 Å². The molecule has 2 saturated heterocycles. The second-order valence-corrected chi connectivity index (χ2v) is 9.03. The van der Waals surface area contributed by atoms with E-state index in [4.69, 9.17) is 9.15 Å². The second-order valence-electron chi connectivity index (χ2n) is 8.25. The van der Waals surface area contributed by atoms with Crippen LogP contribution in [-0.4, -0.2) is 56.3 Å². The zero-order valence-electron chi connectivity index (χ0n) is 16.4. The Balaban J connectivity index is 1.60. The topological polar surface area (TPSA) is 96.5 Å². The average molecular weight is 437 g/mol. The SMILES string of the molecule is CC(C)(O)C(F)(F)Oc1ccc(-c2ncns2)c2oc(N3CC4CCC(C3)N4)nc12. The van der Waals surface area contributed by atoms with Gasteiger partial charge in [-0.1, -0.05) is 0 Å². The molecular formula is C19H21F2N5O3S. The lowest BCUT2D eigenvalue weighted by Gasteiger charge is -2.31. The Bertz CT molecular complexity index is 1050. The van der Waals surface area contributed by atoms with Crippen molar-refractivity contribution >= 4 is 28.6 Å². The summed E-state index contributed by atoms with van der Waals surface area (Å²) in [6, 6.07) is 4.06. The highest BCUT2D eigenvalue weighted by Crippen LogP contribution is 2.41. The lowest BCUT2D eigenvalue weighted by atomic mass is 10.1. The normalized spacial score (nSPS) is 22.1. The van der Waals surface area contributed by atoms with Crippen LogP contribution in [0, 0.1) is 0 Å². The van der Waals surface area contributed by atoms with Gasteiger partial charge in [0, 0.05) is 25.2 Å². The quantitative estimate of drug-likeness (QED) is 0.629. The van der Waals surface area contributed by atoms with E-state index < -0.39 is 11.7 Å². The van der Waals surface area contributed by atoms with Gasteiger partial charge in [-0.15, -0.1) is 0 Å². The number of hydrogen-bond acceptors (Lipinski definition) is 9. The van der Waals surface area contributed by atoms with Crippen molar-refractivity contribution in [2.24, 2.45) is 0 Å². The van der Waals surface area contributed by atoms with Crippen LogP contribution in [0.2, 0.25) is 0 Å². The summed E-state index contributed by atoms with van der Waals surface area (Å²) in [5, 5.41) is 13.9. The standard InChI is InChI=1S/C19H21F2N5O3S/c1-18(2,27)19(20,21)29-13-6-5-12(16-22-9-23-30-16)15-14(13)25-17(28-15)26-7-10-3-4-11(8-26)24-10/h5-6,9-11,24,27H,3-4,7-8H2,1-2H3. The molecule has 3 aromatic rings. The highest BCUT2D eigenvalue weighted by molar-refractivity contribution is 7.09. The van der Waals surface area contributed by atoms with Crippen molar-refractivity contribution in [2.45, 2.75) is 50.5 Å². The largest absolute Gasteiger partial charge is 0.428 e. The predicted octanol–water partition coefficient (Wildman–Crippen LogP) is 3.03. The number of aromatic nitrogens is 3. The van der Waals surface area contributed by atoms with Gasteiger partial charge in [-0.25, -0.2) is 4.98 Å². The van der Waals surface area contributed by atoms with Gasteiger partial charge in [0.2, 0.25) is 0 Å². The summed E-state index contributed by atoms with van der Waals surface area (Å²) >= 11 is 1.17. The molecule has 2 aliphatic heterocycles. The first-order chi connectivity index (χ1) is 14.2. The van der Waals surface area contributed by atoms with Gasteiger partial charge in [0.1, 0.15) is 11.3 Å². The molecule has 0 saturated carbocycles. The molecule has 0 amide bonds. The lowest BCUT2D eigenvalue weighted by molar-refractivity contribution is -0.275. The molecule has 2 fully saturated rings. The molecule has 2 aliphatic rings. The van der Waals surface area contributed by atoms with E-state index in [1.54, 1.807) is 6.07 Å². The Hall–Kier alpha value is -2.37. The van der Waals surface area contributed by atoms with Crippen LogP contribution in [0.25, 0.3) is 21.7 Å². The fraction of sp³-hybridized carbons (Fsp3) is 0.526. The number of fused-ring (bicyclic) bond motifs is 3. The maximum atomic E-state index is 14.4. The van der Waals surface area contributed by atoms with Crippen LogP contribution >= 0.6 is 11.5 Å². The summed E-state index contributed by atoms with van der Waals surface area (Å²) in [7, 11) is 0. The Kier molecular flexibility index (Phi) is 4.46. The minimum Gasteiger partial charge on any atom is -0.428 e. The molecule has 160 valence electrons. The molecule has 1 aromatic carbocycles. The van der Waals surface area contributed by atoms with Gasteiger partial charge in [-0.05, 0) is 50.4 Å². The van der Waals surface area contributed by atoms with Gasteiger partial charge < -0.3 is 24.5 Å². The summed E-state index contributed by atoms with van der Waals surface area (Å²) in [6.45, 7) is 3.44. The van der Waals surface area contributed by atoms with E-state index in [2.05, 4.69) is 19.7 Å². The minimum atomic E-state index is -3.82. The van der Waals surface area contributed by atoms with Crippen LogP contribution in [0.15, 0.2) is 22.9 Å². The number of halogens is 2. The first-order valence-corrected chi connectivity index (χ1v) is 10.5. The molecule has 5 rings (SSSR count). The molecule has 0 radical (unpaired) electrons. The maximum absolute atomic E-state index is 14.4. The van der Waals surface area contributed by atoms with Crippen LogP contribution in [0.1, 0.15) is 26.7 Å². The number of anilines is 1. The van der Waals surface area contributed by atoms with Gasteiger partial charge in [0.05, 0.1) is 5.56 Å². The van der Waals surface area contributed by atoms with Gasteiger partial charge in [0.25, 0.3) is 6.01 Å². The first-order valence-electron chi connectivity index (χ1n) is 9.72. The zero-order valence-corrected chi connectivity index (χ0v) is 17.2. The van der Waals surface area contributed by atoms with Gasteiger partial charge in [0.15, 0.2) is 22.5 Å². The summed E-state index contributed by atoms with van der Waals surface area (Å²) in [6.07, 6.45) is -0.228. The molecule has 2 unspecified atom stereocenters. The molecule has 0 spiro atoms. The summed E-state index contributed by atoms with van der Waals surface area (Å²) in [5.74, 6) is -0.168. The number of oxazole rings is 1. The van der Waals surface area contributed by atoms with Gasteiger partial charge >= 0.3 is 6.11 Å². The van der Waals surface area contributed by atoms with Crippen LogP contribution in [0.5, 0.6) is 5.75 Å². The summed E-state index contributed by atoms with van der Waals surface area (Å²) in [5.41, 5.74) is -1.31. The predicted molar refractivity (Wildman–Crippen MR) is 107 cm³/mol. The van der Waals surface area contributed by atoms with Crippen molar-refractivity contribution in [3.05, 3.63) is 18.5 Å². The smallest absolute Gasteiger partial charge is 0.426 e. The zero-order chi connectivity index (χ0) is 21.1. The summed E-state index contributed by atoms with van der Waals surface area (Å²) < 4.78 is 43.9. The van der Waals surface area contributed by atoms with Crippen LogP contribution in [0.3, 0.4) is 0 Å². The molecule has 2 bridgehead atoms. The number of ether oxygens (including phenoxy) is 1. The molecule has 0 aliphatic carbocycles. The molecule has 8 nitrogen and oxygen atoms in total. The van der Waals surface area contributed by atoms with Crippen LogP contribution < -0.4 is 15.0 Å². The monoisotopic (exact) mass is 437 g/mol. The molecular weight excluding hydrogens is 416 g/mol. The van der Waals surface area contributed by atoms with E-state index in [-0.39, 0.29) is 11.3 Å². The second kappa shape index (κ2) is 6.82. The van der Waals surface area contributed by atoms with Crippen molar-refractivity contribution in [2.75, 3.05) is 18.0 Å². The van der Waals surface area contributed by atoms with Crippen molar-refractivity contribution in [3.63, 3.8) is 0 Å². The Morgan fingerprint density at radius 2 is 2.00 bits per heavy atom. The number of hydrogen-bond donors (Lipinski definition) is 2. The molecule has 11 heteroatoms. The van der Waals surface area contributed by atoms with E-state index in [0.717, 1.165) is 39.8 Å². The molecule has 2 atom stereocenters. The third kappa shape index (κ3) is 3.30. The minimum absolute atomic E-state index is 0.160. The maximum Gasteiger partial charge on any atom is 0.426 e. The Morgan fingerprint density at radius 3 is 2.63 bits per heavy atom. The fourth-order valence-corrected chi connectivity index (χ4v) is 4.41. The highest BCUT2D eigenvalue weighted by Gasteiger charge is 2.49. The molecule has 4 heterocycles. The molecule has 2 N–H and O–H groups in total. The first kappa shape index (κ1) is 19.6. The van der Waals surface area contributed by atoms with E-state index in [1.165, 1.54) is 23.9 Å². The number of aliphatic hydroxyl groups is 1. The number of nitrogens with one attached hydrogen (secondary N) is 1. The number of alkyl halides is 2. The fourth-order valence-electron chi connectivity index (χ4n) is 3.87. The molecule has 2 aromatic heterocycles. The number of benzene rings is 1.